The number of halogens is 1. The number of benzene rings is 1. The lowest BCUT2D eigenvalue weighted by atomic mass is 10.1. The predicted molar refractivity (Wildman–Crippen MR) is 79.5 cm³/mol. The molecule has 0 amide bonds. The van der Waals surface area contributed by atoms with Crippen molar-refractivity contribution in [3.63, 3.8) is 0 Å². The molecule has 1 heterocycles. The Bertz CT molecular complexity index is 542. The van der Waals surface area contributed by atoms with Crippen LogP contribution in [-0.4, -0.2) is 38.3 Å². The van der Waals surface area contributed by atoms with Crippen LogP contribution < -0.4 is 10.2 Å². The van der Waals surface area contributed by atoms with E-state index >= 15 is 0 Å². The quantitative estimate of drug-likeness (QED) is 0.850. The van der Waals surface area contributed by atoms with Crippen LogP contribution in [0.1, 0.15) is 12.5 Å². The fourth-order valence-electron chi connectivity index (χ4n) is 2.28. The standard InChI is InChI=1S/C14H16BrN3O2/c1-2-20-14(19)13-9-17-5-6-18(13)12-7-11(15)4-3-10(12)8-16/h3-4,7,13,17H,2,5-6,9H2,1H3. The van der Waals surface area contributed by atoms with Crippen molar-refractivity contribution >= 4 is 27.6 Å². The first-order valence-corrected chi connectivity index (χ1v) is 7.30. The number of ether oxygens (including phenoxy) is 1. The molecule has 0 saturated carbocycles. The van der Waals surface area contributed by atoms with Crippen molar-refractivity contribution in [2.24, 2.45) is 0 Å². The normalized spacial score (nSPS) is 18.4. The van der Waals surface area contributed by atoms with Gasteiger partial charge in [0, 0.05) is 24.1 Å². The second-order valence-corrected chi connectivity index (χ2v) is 5.35. The first-order valence-electron chi connectivity index (χ1n) is 6.51. The van der Waals surface area contributed by atoms with Crippen molar-refractivity contribution in [3.8, 4) is 6.07 Å². The minimum atomic E-state index is -0.398. The highest BCUT2D eigenvalue weighted by atomic mass is 79.9. The number of carbonyl (C=O) groups is 1. The lowest BCUT2D eigenvalue weighted by molar-refractivity contribution is -0.144. The molecule has 0 bridgehead atoms. The fourth-order valence-corrected chi connectivity index (χ4v) is 2.63. The van der Waals surface area contributed by atoms with Gasteiger partial charge in [0.1, 0.15) is 12.1 Å². The Morgan fingerprint density at radius 3 is 3.15 bits per heavy atom. The monoisotopic (exact) mass is 337 g/mol. The van der Waals surface area contributed by atoms with Crippen LogP contribution in [0.25, 0.3) is 0 Å². The number of nitriles is 1. The molecule has 2 rings (SSSR count). The molecule has 1 fully saturated rings. The minimum absolute atomic E-state index is 0.261. The van der Waals surface area contributed by atoms with Gasteiger partial charge in [0.15, 0.2) is 0 Å². The average molecular weight is 338 g/mol. The van der Waals surface area contributed by atoms with E-state index in [0.29, 0.717) is 25.3 Å². The van der Waals surface area contributed by atoms with Crippen LogP contribution in [0.4, 0.5) is 5.69 Å². The molecule has 1 aromatic carbocycles. The Labute approximate surface area is 126 Å². The molecule has 1 saturated heterocycles. The van der Waals surface area contributed by atoms with Crippen LogP contribution in [0.2, 0.25) is 0 Å². The summed E-state index contributed by atoms with van der Waals surface area (Å²) in [7, 11) is 0. The summed E-state index contributed by atoms with van der Waals surface area (Å²) in [4.78, 5) is 14.0. The lowest BCUT2D eigenvalue weighted by Crippen LogP contribution is -2.55. The minimum Gasteiger partial charge on any atom is -0.464 e. The fraction of sp³-hybridized carbons (Fsp3) is 0.429. The van der Waals surface area contributed by atoms with Gasteiger partial charge in [-0.25, -0.2) is 4.79 Å². The van der Waals surface area contributed by atoms with Gasteiger partial charge in [-0.05, 0) is 25.1 Å². The van der Waals surface area contributed by atoms with E-state index in [0.717, 1.165) is 16.7 Å². The Balaban J connectivity index is 2.35. The van der Waals surface area contributed by atoms with Gasteiger partial charge in [0.25, 0.3) is 0 Å². The Hall–Kier alpha value is -1.58. The van der Waals surface area contributed by atoms with Gasteiger partial charge in [-0.1, -0.05) is 15.9 Å². The summed E-state index contributed by atoms with van der Waals surface area (Å²) in [5.74, 6) is -0.261. The third-order valence-electron chi connectivity index (χ3n) is 3.19. The summed E-state index contributed by atoms with van der Waals surface area (Å²) in [5, 5.41) is 12.4. The summed E-state index contributed by atoms with van der Waals surface area (Å²) in [5.41, 5.74) is 1.32. The van der Waals surface area contributed by atoms with Crippen LogP contribution >= 0.6 is 15.9 Å². The zero-order valence-corrected chi connectivity index (χ0v) is 12.8. The molecular formula is C14H16BrN3O2. The third-order valence-corrected chi connectivity index (χ3v) is 3.68. The average Bonchev–Trinajstić information content (AvgIpc) is 2.47. The molecule has 5 nitrogen and oxygen atoms in total. The maximum atomic E-state index is 12.1. The molecule has 0 aliphatic carbocycles. The maximum absolute atomic E-state index is 12.1. The second kappa shape index (κ2) is 6.73. The van der Waals surface area contributed by atoms with E-state index in [9.17, 15) is 10.1 Å². The smallest absolute Gasteiger partial charge is 0.330 e. The molecule has 6 heteroatoms. The van der Waals surface area contributed by atoms with Crippen molar-refractivity contribution in [2.45, 2.75) is 13.0 Å². The van der Waals surface area contributed by atoms with Crippen LogP contribution in [0.15, 0.2) is 22.7 Å². The Morgan fingerprint density at radius 2 is 2.45 bits per heavy atom. The highest BCUT2D eigenvalue weighted by Crippen LogP contribution is 2.27. The van der Waals surface area contributed by atoms with Crippen molar-refractivity contribution in [1.82, 2.24) is 5.32 Å². The molecule has 0 radical (unpaired) electrons. The zero-order valence-electron chi connectivity index (χ0n) is 11.2. The van der Waals surface area contributed by atoms with Crippen molar-refractivity contribution in [3.05, 3.63) is 28.2 Å². The number of nitrogens with one attached hydrogen (secondary N) is 1. The largest absolute Gasteiger partial charge is 0.464 e. The van der Waals surface area contributed by atoms with Crippen LogP contribution in [0.3, 0.4) is 0 Å². The van der Waals surface area contributed by atoms with E-state index < -0.39 is 6.04 Å². The zero-order chi connectivity index (χ0) is 14.5. The maximum Gasteiger partial charge on any atom is 0.330 e. The number of nitrogens with zero attached hydrogens (tertiary/aromatic N) is 2. The van der Waals surface area contributed by atoms with Gasteiger partial charge in [-0.15, -0.1) is 0 Å². The molecule has 106 valence electrons. The van der Waals surface area contributed by atoms with E-state index in [4.69, 9.17) is 4.74 Å². The summed E-state index contributed by atoms with van der Waals surface area (Å²) < 4.78 is 6.00. The molecule has 1 aromatic rings. The molecular weight excluding hydrogens is 322 g/mol. The summed E-state index contributed by atoms with van der Waals surface area (Å²) in [6.45, 7) is 4.10. The first kappa shape index (κ1) is 14.8. The Kier molecular flexibility index (Phi) is 4.99. The molecule has 20 heavy (non-hydrogen) atoms. The molecule has 0 spiro atoms. The van der Waals surface area contributed by atoms with Gasteiger partial charge in [-0.2, -0.15) is 5.26 Å². The SMILES string of the molecule is CCOC(=O)C1CNCCN1c1cc(Br)ccc1C#N. The number of esters is 1. The second-order valence-electron chi connectivity index (χ2n) is 4.44. The highest BCUT2D eigenvalue weighted by molar-refractivity contribution is 9.10. The van der Waals surface area contributed by atoms with E-state index in [1.54, 1.807) is 13.0 Å². The molecule has 0 aromatic heterocycles. The van der Waals surface area contributed by atoms with Crippen LogP contribution in [0.5, 0.6) is 0 Å². The lowest BCUT2D eigenvalue weighted by Gasteiger charge is -2.36. The summed E-state index contributed by atoms with van der Waals surface area (Å²) in [6.07, 6.45) is 0. The Morgan fingerprint density at radius 1 is 1.65 bits per heavy atom. The molecule has 1 aliphatic heterocycles. The molecule has 1 atom stereocenters. The van der Waals surface area contributed by atoms with Gasteiger partial charge < -0.3 is 15.0 Å². The van der Waals surface area contributed by atoms with Crippen LogP contribution in [0, 0.1) is 11.3 Å². The topological polar surface area (TPSA) is 65.4 Å². The van der Waals surface area contributed by atoms with Crippen molar-refractivity contribution in [1.29, 1.82) is 5.26 Å². The number of piperazine rings is 1. The number of hydrogen-bond acceptors (Lipinski definition) is 5. The molecule has 1 N–H and O–H groups in total. The van der Waals surface area contributed by atoms with Crippen molar-refractivity contribution in [2.75, 3.05) is 31.1 Å². The van der Waals surface area contributed by atoms with Crippen LogP contribution in [-0.2, 0) is 9.53 Å². The summed E-state index contributed by atoms with van der Waals surface area (Å²) >= 11 is 3.41. The third kappa shape index (κ3) is 3.11. The van der Waals surface area contributed by atoms with E-state index in [-0.39, 0.29) is 5.97 Å². The number of hydrogen-bond donors (Lipinski definition) is 1. The first-order chi connectivity index (χ1) is 9.67. The van der Waals surface area contributed by atoms with Crippen molar-refractivity contribution < 1.29 is 9.53 Å². The number of rotatable bonds is 3. The molecule has 1 unspecified atom stereocenters. The molecule has 1 aliphatic rings. The van der Waals surface area contributed by atoms with Gasteiger partial charge in [-0.3, -0.25) is 0 Å². The van der Waals surface area contributed by atoms with E-state index in [1.165, 1.54) is 0 Å². The number of anilines is 1. The van der Waals surface area contributed by atoms with E-state index in [2.05, 4.69) is 27.3 Å². The summed E-state index contributed by atoms with van der Waals surface area (Å²) in [6, 6.07) is 7.23. The van der Waals surface area contributed by atoms with Gasteiger partial charge >= 0.3 is 5.97 Å². The highest BCUT2D eigenvalue weighted by Gasteiger charge is 2.31. The van der Waals surface area contributed by atoms with Gasteiger partial charge in [0.05, 0.1) is 17.9 Å². The predicted octanol–water partition coefficient (Wildman–Crippen LogP) is 1.66. The number of carbonyl (C=O) groups excluding carboxylic acids is 1. The van der Waals surface area contributed by atoms with E-state index in [1.807, 2.05) is 17.0 Å². The van der Waals surface area contributed by atoms with Gasteiger partial charge in [0.2, 0.25) is 0 Å².